The molecule has 0 aliphatic carbocycles. The predicted octanol–water partition coefficient (Wildman–Crippen LogP) is 0.284. The van der Waals surface area contributed by atoms with Crippen molar-refractivity contribution in [3.63, 3.8) is 0 Å². The van der Waals surface area contributed by atoms with Gasteiger partial charge in [-0.3, -0.25) is 4.98 Å². The zero-order valence-corrected chi connectivity index (χ0v) is 13.2. The molecule has 0 saturated carbocycles. The minimum atomic E-state index is -3.70. The van der Waals surface area contributed by atoms with Crippen molar-refractivity contribution in [3.05, 3.63) is 18.5 Å². The van der Waals surface area contributed by atoms with Crippen LogP contribution >= 0.6 is 0 Å². The number of aliphatic hydroxyl groups excluding tert-OH is 1. The van der Waals surface area contributed by atoms with Crippen LogP contribution in [0.1, 0.15) is 13.8 Å². The first kappa shape index (κ1) is 16.2. The zero-order valence-electron chi connectivity index (χ0n) is 12.4. The molecule has 21 heavy (non-hydrogen) atoms. The number of morpholine rings is 1. The maximum absolute atomic E-state index is 12.8. The molecule has 118 valence electrons. The number of sulfonamides is 1. The Balaban J connectivity index is 2.39. The molecular formula is C13H21N3O4S. The Kier molecular flexibility index (Phi) is 4.52. The minimum Gasteiger partial charge on any atom is -0.394 e. The second kappa shape index (κ2) is 5.88. The molecule has 1 atom stereocenters. The summed E-state index contributed by atoms with van der Waals surface area (Å²) in [4.78, 5) is 4.03. The number of nitrogens with one attached hydrogen (secondary N) is 1. The summed E-state index contributed by atoms with van der Waals surface area (Å²) in [5, 5.41) is 12.2. The van der Waals surface area contributed by atoms with Crippen molar-refractivity contribution in [2.45, 2.75) is 30.4 Å². The van der Waals surface area contributed by atoms with Gasteiger partial charge in [0.1, 0.15) is 4.90 Å². The van der Waals surface area contributed by atoms with Gasteiger partial charge in [0.05, 0.1) is 24.0 Å². The Morgan fingerprint density at radius 2 is 2.29 bits per heavy atom. The van der Waals surface area contributed by atoms with Crippen LogP contribution in [-0.2, 0) is 14.8 Å². The fraction of sp³-hybridized carbons (Fsp3) is 0.615. The maximum Gasteiger partial charge on any atom is 0.246 e. The molecule has 0 radical (unpaired) electrons. The van der Waals surface area contributed by atoms with Crippen LogP contribution in [0.3, 0.4) is 0 Å². The number of nitrogens with zero attached hydrogens (tertiary/aromatic N) is 2. The van der Waals surface area contributed by atoms with Crippen LogP contribution in [-0.4, -0.2) is 61.3 Å². The standard InChI is InChI=1S/C13H21N3O4S/c1-13(2)9-16(7-10(8-17)20-13)21(18,19)12-6-15-5-4-11(12)14-3/h4-6,10,17H,7-9H2,1-3H3,(H,14,15). The highest BCUT2D eigenvalue weighted by molar-refractivity contribution is 7.89. The van der Waals surface area contributed by atoms with Crippen LogP contribution in [0.2, 0.25) is 0 Å². The average Bonchev–Trinajstić information content (AvgIpc) is 2.45. The number of hydrogen-bond acceptors (Lipinski definition) is 6. The highest BCUT2D eigenvalue weighted by Gasteiger charge is 2.39. The van der Waals surface area contributed by atoms with Gasteiger partial charge in [0.15, 0.2) is 0 Å². The van der Waals surface area contributed by atoms with Gasteiger partial charge >= 0.3 is 0 Å². The van der Waals surface area contributed by atoms with Gasteiger partial charge in [-0.15, -0.1) is 0 Å². The average molecular weight is 315 g/mol. The van der Waals surface area contributed by atoms with Crippen molar-refractivity contribution >= 4 is 15.7 Å². The number of rotatable bonds is 4. The van der Waals surface area contributed by atoms with Crippen LogP contribution < -0.4 is 5.32 Å². The van der Waals surface area contributed by atoms with E-state index in [0.717, 1.165) is 0 Å². The van der Waals surface area contributed by atoms with Crippen LogP contribution in [0, 0.1) is 0 Å². The van der Waals surface area contributed by atoms with Crippen molar-refractivity contribution in [1.29, 1.82) is 0 Å². The molecule has 8 heteroatoms. The third-order valence-electron chi connectivity index (χ3n) is 3.33. The topological polar surface area (TPSA) is 91.8 Å². The molecule has 0 spiro atoms. The van der Waals surface area contributed by atoms with Gasteiger partial charge in [0.25, 0.3) is 0 Å². The summed E-state index contributed by atoms with van der Waals surface area (Å²) in [6.07, 6.45) is 2.33. The lowest BCUT2D eigenvalue weighted by Gasteiger charge is -2.41. The summed E-state index contributed by atoms with van der Waals surface area (Å²) < 4.78 is 32.6. The summed E-state index contributed by atoms with van der Waals surface area (Å²) in [5.74, 6) is 0. The lowest BCUT2D eigenvalue weighted by molar-refractivity contribution is -0.131. The van der Waals surface area contributed by atoms with Gasteiger partial charge in [-0.1, -0.05) is 0 Å². The lowest BCUT2D eigenvalue weighted by atomic mass is 10.1. The minimum absolute atomic E-state index is 0.125. The Bertz CT molecular complexity index is 603. The molecule has 1 aliphatic rings. The maximum atomic E-state index is 12.8. The van der Waals surface area contributed by atoms with Gasteiger partial charge < -0.3 is 15.2 Å². The first-order valence-corrected chi connectivity index (χ1v) is 8.15. The van der Waals surface area contributed by atoms with Crippen LogP contribution in [0.5, 0.6) is 0 Å². The molecule has 1 saturated heterocycles. The summed E-state index contributed by atoms with van der Waals surface area (Å²) in [6, 6.07) is 1.61. The van der Waals surface area contributed by atoms with Gasteiger partial charge in [-0.2, -0.15) is 4.31 Å². The van der Waals surface area contributed by atoms with Crippen molar-refractivity contribution in [3.8, 4) is 0 Å². The van der Waals surface area contributed by atoms with E-state index in [-0.39, 0.29) is 24.6 Å². The van der Waals surface area contributed by atoms with E-state index in [0.29, 0.717) is 5.69 Å². The van der Waals surface area contributed by atoms with E-state index in [1.54, 1.807) is 27.0 Å². The van der Waals surface area contributed by atoms with Crippen molar-refractivity contribution in [2.24, 2.45) is 0 Å². The van der Waals surface area contributed by atoms with Gasteiger partial charge in [0, 0.05) is 32.5 Å². The Labute approximate surface area is 125 Å². The van der Waals surface area contributed by atoms with E-state index >= 15 is 0 Å². The molecule has 0 amide bonds. The van der Waals surface area contributed by atoms with Crippen molar-refractivity contribution < 1.29 is 18.3 Å². The first-order valence-electron chi connectivity index (χ1n) is 6.71. The fourth-order valence-corrected chi connectivity index (χ4v) is 4.21. The molecule has 0 bridgehead atoms. The van der Waals surface area contributed by atoms with Gasteiger partial charge in [-0.25, -0.2) is 8.42 Å². The van der Waals surface area contributed by atoms with E-state index in [9.17, 15) is 13.5 Å². The largest absolute Gasteiger partial charge is 0.394 e. The number of ether oxygens (including phenoxy) is 1. The molecule has 2 rings (SSSR count). The van der Waals surface area contributed by atoms with Crippen molar-refractivity contribution in [2.75, 3.05) is 32.1 Å². The molecule has 1 aromatic rings. The lowest BCUT2D eigenvalue weighted by Crippen LogP contribution is -2.55. The second-order valence-corrected chi connectivity index (χ2v) is 7.51. The third-order valence-corrected chi connectivity index (χ3v) is 5.16. The number of anilines is 1. The molecule has 1 fully saturated rings. The van der Waals surface area contributed by atoms with Gasteiger partial charge in [-0.05, 0) is 19.9 Å². The van der Waals surface area contributed by atoms with Crippen LogP contribution in [0.4, 0.5) is 5.69 Å². The van der Waals surface area contributed by atoms with Crippen molar-refractivity contribution in [1.82, 2.24) is 9.29 Å². The molecular weight excluding hydrogens is 294 g/mol. The van der Waals surface area contributed by atoms with Crippen LogP contribution in [0.25, 0.3) is 0 Å². The smallest absolute Gasteiger partial charge is 0.246 e. The normalized spacial score (nSPS) is 23.0. The fourth-order valence-electron chi connectivity index (χ4n) is 2.45. The number of pyridine rings is 1. The molecule has 0 aromatic carbocycles. The van der Waals surface area contributed by atoms with E-state index < -0.39 is 21.7 Å². The molecule has 2 heterocycles. The molecule has 2 N–H and O–H groups in total. The highest BCUT2D eigenvalue weighted by atomic mass is 32.2. The molecule has 7 nitrogen and oxygen atoms in total. The Morgan fingerprint density at radius 1 is 1.57 bits per heavy atom. The Morgan fingerprint density at radius 3 is 2.90 bits per heavy atom. The predicted molar refractivity (Wildman–Crippen MR) is 78.6 cm³/mol. The van der Waals surface area contributed by atoms with E-state index in [2.05, 4.69) is 10.3 Å². The molecule has 1 aromatic heterocycles. The monoisotopic (exact) mass is 315 g/mol. The summed E-state index contributed by atoms with van der Waals surface area (Å²) in [7, 11) is -2.04. The SMILES string of the molecule is CNc1ccncc1S(=O)(=O)N1CC(CO)OC(C)(C)C1. The molecule has 1 aliphatic heterocycles. The summed E-state index contributed by atoms with van der Waals surface area (Å²) in [5.41, 5.74) is -0.157. The third kappa shape index (κ3) is 3.34. The van der Waals surface area contributed by atoms with E-state index in [1.165, 1.54) is 16.7 Å². The summed E-state index contributed by atoms with van der Waals surface area (Å²) in [6.45, 7) is 3.74. The van der Waals surface area contributed by atoms with Gasteiger partial charge in [0.2, 0.25) is 10.0 Å². The first-order chi connectivity index (χ1) is 9.80. The quantitative estimate of drug-likeness (QED) is 0.829. The highest BCUT2D eigenvalue weighted by Crippen LogP contribution is 2.29. The number of aliphatic hydroxyl groups is 1. The van der Waals surface area contributed by atoms with E-state index in [4.69, 9.17) is 4.74 Å². The second-order valence-electron chi connectivity index (χ2n) is 5.60. The number of aromatic nitrogens is 1. The summed E-state index contributed by atoms with van der Waals surface area (Å²) >= 11 is 0. The Hall–Kier alpha value is -1.22. The zero-order chi connectivity index (χ0) is 15.7. The van der Waals surface area contributed by atoms with E-state index in [1.807, 2.05) is 0 Å². The molecule has 1 unspecified atom stereocenters. The number of hydrogen-bond donors (Lipinski definition) is 2. The van der Waals surface area contributed by atoms with Crippen LogP contribution in [0.15, 0.2) is 23.4 Å².